The summed E-state index contributed by atoms with van der Waals surface area (Å²) in [5, 5.41) is 10.5. The van der Waals surface area contributed by atoms with Crippen molar-refractivity contribution in [2.24, 2.45) is 5.92 Å². The highest BCUT2D eigenvalue weighted by Gasteiger charge is 2.32. The molecule has 1 aliphatic rings. The quantitative estimate of drug-likeness (QED) is 0.770. The van der Waals surface area contributed by atoms with Gasteiger partial charge in [-0.2, -0.15) is 0 Å². The first kappa shape index (κ1) is 17.4. The molecule has 0 bridgehead atoms. The van der Waals surface area contributed by atoms with E-state index in [1.54, 1.807) is 25.4 Å². The molecular formula is C21H20N2O4. The van der Waals surface area contributed by atoms with Crippen molar-refractivity contribution in [1.82, 2.24) is 9.55 Å². The summed E-state index contributed by atoms with van der Waals surface area (Å²) in [4.78, 5) is 28.6. The number of hydrogen-bond acceptors (Lipinski definition) is 4. The molecule has 6 nitrogen and oxygen atoms in total. The standard InChI is InChI=1S/C21H20N2O4/c1-13-7-9-23(20(24)19(13)21(25)26)18-12-27-11-15(18)10-14-6-8-22-17-5-3-2-4-16(14)17/h2-9,15,18H,10-12H2,1H3,(H,25,26)/t15-,18-/m1/s1. The average molecular weight is 364 g/mol. The van der Waals surface area contributed by atoms with E-state index in [4.69, 9.17) is 4.74 Å². The lowest BCUT2D eigenvalue weighted by molar-refractivity contribution is 0.0693. The number of carbonyl (C=O) groups is 1. The first-order valence-electron chi connectivity index (χ1n) is 8.91. The number of aromatic carboxylic acids is 1. The molecule has 0 spiro atoms. The van der Waals surface area contributed by atoms with Crippen LogP contribution in [0.25, 0.3) is 10.9 Å². The summed E-state index contributed by atoms with van der Waals surface area (Å²) in [6, 6.07) is 11.5. The molecule has 1 aliphatic heterocycles. The van der Waals surface area contributed by atoms with Crippen LogP contribution in [-0.2, 0) is 11.2 Å². The van der Waals surface area contributed by atoms with Gasteiger partial charge in [-0.25, -0.2) is 4.79 Å². The molecule has 2 aromatic heterocycles. The van der Waals surface area contributed by atoms with Gasteiger partial charge in [0.05, 0.1) is 24.8 Å². The first-order valence-corrected chi connectivity index (χ1v) is 8.91. The summed E-state index contributed by atoms with van der Waals surface area (Å²) in [7, 11) is 0. The van der Waals surface area contributed by atoms with E-state index in [9.17, 15) is 14.7 Å². The molecule has 2 atom stereocenters. The molecule has 1 N–H and O–H groups in total. The van der Waals surface area contributed by atoms with Crippen molar-refractivity contribution < 1.29 is 14.6 Å². The van der Waals surface area contributed by atoms with Crippen molar-refractivity contribution in [3.05, 3.63) is 75.8 Å². The zero-order valence-electron chi connectivity index (χ0n) is 15.0. The summed E-state index contributed by atoms with van der Waals surface area (Å²) in [6.07, 6.45) is 4.21. The monoisotopic (exact) mass is 364 g/mol. The van der Waals surface area contributed by atoms with Crippen LogP contribution in [0, 0.1) is 12.8 Å². The SMILES string of the molecule is Cc1ccn([C@@H]2COC[C@H]2Cc2ccnc3ccccc23)c(=O)c1C(=O)O. The van der Waals surface area contributed by atoms with E-state index in [1.807, 2.05) is 30.3 Å². The van der Waals surface area contributed by atoms with Gasteiger partial charge in [-0.15, -0.1) is 0 Å². The predicted molar refractivity (Wildman–Crippen MR) is 101 cm³/mol. The second kappa shape index (κ2) is 6.96. The largest absolute Gasteiger partial charge is 0.477 e. The lowest BCUT2D eigenvalue weighted by atomic mass is 9.92. The maximum atomic E-state index is 12.7. The minimum absolute atomic E-state index is 0.0813. The zero-order valence-corrected chi connectivity index (χ0v) is 15.0. The van der Waals surface area contributed by atoms with E-state index in [2.05, 4.69) is 4.98 Å². The van der Waals surface area contributed by atoms with Gasteiger partial charge in [0.1, 0.15) is 5.56 Å². The fraction of sp³-hybridized carbons (Fsp3) is 0.286. The average Bonchev–Trinajstić information content (AvgIpc) is 3.10. The Bertz CT molecular complexity index is 1070. The molecule has 0 radical (unpaired) electrons. The van der Waals surface area contributed by atoms with Crippen molar-refractivity contribution in [3.63, 3.8) is 0 Å². The molecule has 3 aromatic rings. The van der Waals surface area contributed by atoms with Gasteiger partial charge >= 0.3 is 5.97 Å². The zero-order chi connectivity index (χ0) is 19.0. The molecule has 1 aromatic carbocycles. The highest BCUT2D eigenvalue weighted by Crippen LogP contribution is 2.30. The number of fused-ring (bicyclic) bond motifs is 1. The molecular weight excluding hydrogens is 344 g/mol. The van der Waals surface area contributed by atoms with Crippen molar-refractivity contribution in [1.29, 1.82) is 0 Å². The van der Waals surface area contributed by atoms with Crippen molar-refractivity contribution in [2.75, 3.05) is 13.2 Å². The number of aryl methyl sites for hydroxylation is 1. The summed E-state index contributed by atoms with van der Waals surface area (Å²) >= 11 is 0. The third-order valence-electron chi connectivity index (χ3n) is 5.29. The number of hydrogen-bond donors (Lipinski definition) is 1. The van der Waals surface area contributed by atoms with Gasteiger partial charge in [0.25, 0.3) is 5.56 Å². The fourth-order valence-corrected chi connectivity index (χ4v) is 3.87. The van der Waals surface area contributed by atoms with Gasteiger partial charge in [-0.05, 0) is 42.7 Å². The van der Waals surface area contributed by atoms with Gasteiger partial charge in [0.15, 0.2) is 0 Å². The molecule has 6 heteroatoms. The Morgan fingerprint density at radius 1 is 1.26 bits per heavy atom. The van der Waals surface area contributed by atoms with Crippen LogP contribution in [0.4, 0.5) is 0 Å². The van der Waals surface area contributed by atoms with Crippen LogP contribution >= 0.6 is 0 Å². The third-order valence-corrected chi connectivity index (χ3v) is 5.29. The Labute approximate surface area is 156 Å². The molecule has 1 fully saturated rings. The second-order valence-electron chi connectivity index (χ2n) is 6.95. The van der Waals surface area contributed by atoms with Crippen molar-refractivity contribution >= 4 is 16.9 Å². The van der Waals surface area contributed by atoms with E-state index >= 15 is 0 Å². The number of carboxylic acid groups (broad SMARTS) is 1. The van der Waals surface area contributed by atoms with Crippen LogP contribution in [0.5, 0.6) is 0 Å². The van der Waals surface area contributed by atoms with Crippen LogP contribution in [0.1, 0.15) is 27.5 Å². The molecule has 4 rings (SSSR count). The molecule has 0 aliphatic carbocycles. The summed E-state index contributed by atoms with van der Waals surface area (Å²) in [6.45, 7) is 2.57. The highest BCUT2D eigenvalue weighted by molar-refractivity contribution is 5.88. The van der Waals surface area contributed by atoms with E-state index < -0.39 is 11.5 Å². The Morgan fingerprint density at radius 3 is 2.89 bits per heavy atom. The van der Waals surface area contributed by atoms with Gasteiger partial charge in [-0.3, -0.25) is 9.78 Å². The van der Waals surface area contributed by atoms with Gasteiger partial charge in [0.2, 0.25) is 0 Å². The lowest BCUT2D eigenvalue weighted by Gasteiger charge is -2.21. The molecule has 0 saturated carbocycles. The number of carboxylic acids is 1. The maximum Gasteiger partial charge on any atom is 0.341 e. The summed E-state index contributed by atoms with van der Waals surface area (Å²) in [5.41, 5.74) is 1.92. The normalized spacial score (nSPS) is 19.4. The number of nitrogens with zero attached hydrogens (tertiary/aromatic N) is 2. The Kier molecular flexibility index (Phi) is 4.49. The van der Waals surface area contributed by atoms with E-state index in [0.29, 0.717) is 18.8 Å². The number of para-hydroxylation sites is 1. The predicted octanol–water partition coefficient (Wildman–Crippen LogP) is 2.83. The number of pyridine rings is 2. The maximum absolute atomic E-state index is 12.7. The van der Waals surface area contributed by atoms with Crippen LogP contribution in [0.15, 0.2) is 53.6 Å². The molecule has 138 valence electrons. The minimum Gasteiger partial charge on any atom is -0.477 e. The lowest BCUT2D eigenvalue weighted by Crippen LogP contribution is -2.33. The molecule has 0 unspecified atom stereocenters. The third kappa shape index (κ3) is 3.13. The van der Waals surface area contributed by atoms with Gasteiger partial charge in [-0.1, -0.05) is 18.2 Å². The van der Waals surface area contributed by atoms with E-state index in [1.165, 1.54) is 4.57 Å². The smallest absolute Gasteiger partial charge is 0.341 e. The van der Waals surface area contributed by atoms with E-state index in [-0.39, 0.29) is 17.5 Å². The Balaban J connectivity index is 1.70. The number of rotatable bonds is 4. The minimum atomic E-state index is -1.19. The molecule has 3 heterocycles. The molecule has 0 amide bonds. The summed E-state index contributed by atoms with van der Waals surface area (Å²) in [5.74, 6) is -1.11. The first-order chi connectivity index (χ1) is 13.1. The van der Waals surface area contributed by atoms with Crippen LogP contribution in [0.3, 0.4) is 0 Å². The summed E-state index contributed by atoms with van der Waals surface area (Å²) < 4.78 is 7.20. The van der Waals surface area contributed by atoms with Crippen LogP contribution < -0.4 is 5.56 Å². The van der Waals surface area contributed by atoms with Crippen LogP contribution in [-0.4, -0.2) is 33.8 Å². The molecule has 1 saturated heterocycles. The van der Waals surface area contributed by atoms with Crippen molar-refractivity contribution in [3.8, 4) is 0 Å². The highest BCUT2D eigenvalue weighted by atomic mass is 16.5. The Morgan fingerprint density at radius 2 is 2.07 bits per heavy atom. The second-order valence-corrected chi connectivity index (χ2v) is 6.95. The fourth-order valence-electron chi connectivity index (χ4n) is 3.87. The topological polar surface area (TPSA) is 81.4 Å². The Hall–Kier alpha value is -2.99. The molecule has 27 heavy (non-hydrogen) atoms. The van der Waals surface area contributed by atoms with Gasteiger partial charge in [0, 0.05) is 23.7 Å². The van der Waals surface area contributed by atoms with Crippen molar-refractivity contribution in [2.45, 2.75) is 19.4 Å². The number of ether oxygens (including phenoxy) is 1. The number of benzene rings is 1. The van der Waals surface area contributed by atoms with Crippen LogP contribution in [0.2, 0.25) is 0 Å². The number of aromatic nitrogens is 2. The van der Waals surface area contributed by atoms with E-state index in [0.717, 1.165) is 22.9 Å². The van der Waals surface area contributed by atoms with Gasteiger partial charge < -0.3 is 14.4 Å².